The van der Waals surface area contributed by atoms with Crippen molar-refractivity contribution in [3.05, 3.63) is 63.5 Å². The molecule has 2 unspecified atom stereocenters. The van der Waals surface area contributed by atoms with E-state index in [0.29, 0.717) is 18.5 Å². The number of carbonyl (C=O) groups excluding carboxylic acids is 1. The van der Waals surface area contributed by atoms with Crippen LogP contribution in [0.3, 0.4) is 0 Å². The van der Waals surface area contributed by atoms with E-state index in [4.69, 9.17) is 4.74 Å². The zero-order valence-corrected chi connectivity index (χ0v) is 19.6. The summed E-state index contributed by atoms with van der Waals surface area (Å²) in [6.45, 7) is 4.75. The van der Waals surface area contributed by atoms with Gasteiger partial charge in [0.05, 0.1) is 29.7 Å². The van der Waals surface area contributed by atoms with Crippen molar-refractivity contribution in [2.24, 2.45) is 7.05 Å². The lowest BCUT2D eigenvalue weighted by molar-refractivity contribution is 0.0258. The first-order valence-electron chi connectivity index (χ1n) is 11.4. The summed E-state index contributed by atoms with van der Waals surface area (Å²) in [5, 5.41) is 3.31. The molecule has 8 nitrogen and oxygen atoms in total. The summed E-state index contributed by atoms with van der Waals surface area (Å²) in [6, 6.07) is 5.16. The molecule has 2 aliphatic heterocycles. The van der Waals surface area contributed by atoms with E-state index >= 15 is 0 Å². The Balaban J connectivity index is 0.00000141. The highest BCUT2D eigenvalue weighted by Crippen LogP contribution is 2.30. The number of ether oxygens (including phenoxy) is 1. The van der Waals surface area contributed by atoms with Crippen molar-refractivity contribution in [2.45, 2.75) is 45.4 Å². The third-order valence-electron chi connectivity index (χ3n) is 6.19. The molecule has 2 aliphatic rings. The van der Waals surface area contributed by atoms with Crippen LogP contribution in [0.15, 0.2) is 35.4 Å². The highest BCUT2D eigenvalue weighted by molar-refractivity contribution is 5.99. The number of likely N-dealkylation sites (tertiary alicyclic amines) is 1. The Morgan fingerprint density at radius 1 is 1.29 bits per heavy atom. The number of aryl methyl sites for hydroxylation is 1. The fraction of sp³-hybridized carbons (Fsp3) is 0.417. The summed E-state index contributed by atoms with van der Waals surface area (Å²) in [6.07, 6.45) is -0.963. The average Bonchev–Trinajstić information content (AvgIpc) is 3.50. The average molecular weight is 489 g/mol. The number of nitrogens with zero attached hydrogens (tertiary/aromatic N) is 4. The Hall–Kier alpha value is -3.47. The largest absolute Gasteiger partial charge is 0.374 e. The Morgan fingerprint density at radius 2 is 2.06 bits per heavy atom. The maximum absolute atomic E-state index is 14.4. The third kappa shape index (κ3) is 4.47. The van der Waals surface area contributed by atoms with Crippen molar-refractivity contribution in [3.8, 4) is 0 Å². The summed E-state index contributed by atoms with van der Waals surface area (Å²) in [5.41, 5.74) is -0.880. The molecule has 11 heteroatoms. The fourth-order valence-corrected chi connectivity index (χ4v) is 4.45. The first kappa shape index (κ1) is 24.6. The predicted molar refractivity (Wildman–Crippen MR) is 124 cm³/mol. The second-order valence-corrected chi connectivity index (χ2v) is 8.16. The predicted octanol–water partition coefficient (Wildman–Crippen LogP) is 3.66. The molecule has 2 atom stereocenters. The lowest BCUT2D eigenvalue weighted by Crippen LogP contribution is -2.43. The summed E-state index contributed by atoms with van der Waals surface area (Å²) in [4.78, 5) is 36.0. The lowest BCUT2D eigenvalue weighted by Gasteiger charge is -2.27. The van der Waals surface area contributed by atoms with Crippen molar-refractivity contribution >= 4 is 22.8 Å². The van der Waals surface area contributed by atoms with Crippen LogP contribution in [0.4, 0.5) is 19.0 Å². The number of hydrogen-bond acceptors (Lipinski definition) is 6. The van der Waals surface area contributed by atoms with Gasteiger partial charge < -0.3 is 15.0 Å². The van der Waals surface area contributed by atoms with E-state index in [1.54, 1.807) is 4.90 Å². The number of anilines is 1. The van der Waals surface area contributed by atoms with Crippen LogP contribution in [-0.2, 0) is 18.3 Å². The molecule has 1 aromatic carbocycles. The first-order chi connectivity index (χ1) is 16.8. The molecule has 2 bridgehead atoms. The zero-order valence-electron chi connectivity index (χ0n) is 19.6. The van der Waals surface area contributed by atoms with Gasteiger partial charge in [0.2, 0.25) is 0 Å². The zero-order chi connectivity index (χ0) is 25.3. The number of nitrogens with one attached hydrogen (secondary N) is 1. The maximum atomic E-state index is 14.4. The molecule has 2 aromatic heterocycles. The molecule has 3 aromatic rings. The highest BCUT2D eigenvalue weighted by atomic mass is 19.3. The molecule has 35 heavy (non-hydrogen) atoms. The summed E-state index contributed by atoms with van der Waals surface area (Å²) in [7, 11) is 1.50. The number of alkyl halides is 2. The van der Waals surface area contributed by atoms with E-state index in [9.17, 15) is 22.8 Å². The summed E-state index contributed by atoms with van der Waals surface area (Å²) >= 11 is 0. The van der Waals surface area contributed by atoms with Gasteiger partial charge in [-0.2, -0.15) is 0 Å². The molecule has 0 radical (unpaired) electrons. The van der Waals surface area contributed by atoms with Crippen LogP contribution < -0.4 is 10.9 Å². The number of fused-ring (bicyclic) bond motifs is 3. The summed E-state index contributed by atoms with van der Waals surface area (Å²) < 4.78 is 47.2. The Morgan fingerprint density at radius 3 is 2.71 bits per heavy atom. The van der Waals surface area contributed by atoms with Gasteiger partial charge in [-0.15, -0.1) is 0 Å². The molecule has 1 N–H and O–H groups in total. The second-order valence-electron chi connectivity index (χ2n) is 8.16. The lowest BCUT2D eigenvalue weighted by atomic mass is 10.1. The minimum Gasteiger partial charge on any atom is -0.374 e. The van der Waals surface area contributed by atoms with Crippen LogP contribution in [-0.4, -0.2) is 50.6 Å². The van der Waals surface area contributed by atoms with Crippen molar-refractivity contribution in [2.75, 3.05) is 18.5 Å². The normalized spacial score (nSPS) is 18.7. The summed E-state index contributed by atoms with van der Waals surface area (Å²) in [5.74, 6) is -1.13. The van der Waals surface area contributed by atoms with Crippen LogP contribution in [0.5, 0.6) is 0 Å². The number of carbonyl (C=O) groups is 1. The van der Waals surface area contributed by atoms with Gasteiger partial charge in [0.15, 0.2) is 0 Å². The fourth-order valence-electron chi connectivity index (χ4n) is 4.45. The molecule has 2 fully saturated rings. The Bertz CT molecular complexity index is 1310. The Labute approximate surface area is 199 Å². The van der Waals surface area contributed by atoms with Gasteiger partial charge >= 0.3 is 0 Å². The van der Waals surface area contributed by atoms with E-state index in [-0.39, 0.29) is 41.3 Å². The molecule has 1 amide bonds. The molecule has 0 aliphatic carbocycles. The number of amides is 1. The van der Waals surface area contributed by atoms with Crippen LogP contribution >= 0.6 is 0 Å². The monoisotopic (exact) mass is 489 g/mol. The number of aromatic nitrogens is 3. The number of rotatable bonds is 5. The van der Waals surface area contributed by atoms with Gasteiger partial charge in [0.25, 0.3) is 17.9 Å². The molecule has 2 saturated heterocycles. The quantitative estimate of drug-likeness (QED) is 0.589. The molecule has 186 valence electrons. The second kappa shape index (κ2) is 10.0. The van der Waals surface area contributed by atoms with Gasteiger partial charge in [-0.05, 0) is 12.5 Å². The van der Waals surface area contributed by atoms with E-state index < -0.39 is 29.3 Å². The van der Waals surface area contributed by atoms with Gasteiger partial charge in [-0.1, -0.05) is 32.0 Å². The Kier molecular flexibility index (Phi) is 7.06. The molecule has 5 rings (SSSR count). The maximum Gasteiger partial charge on any atom is 0.266 e. The minimum atomic E-state index is -2.93. The van der Waals surface area contributed by atoms with E-state index in [1.807, 2.05) is 13.8 Å². The molecule has 4 heterocycles. The molecule has 0 saturated carbocycles. The number of morpholine rings is 1. The first-order valence-corrected chi connectivity index (χ1v) is 11.4. The molecule has 0 spiro atoms. The van der Waals surface area contributed by atoms with Crippen LogP contribution in [0.25, 0.3) is 11.0 Å². The standard InChI is InChI=1S/C22H20F3N5O3.C2H6/c1-29-20-15(6-16(21(29)31)22(32)30-8-13-5-12(30)9-33-13)19(27-10-28-20)26-7-11-3-2-4-14(17(11)23)18(24)25;1-2/h2-4,6,10,12-13,18H,5,7-9H2,1H3,(H,26,27,28);1-2H3. The number of benzene rings is 1. The van der Waals surface area contributed by atoms with Gasteiger partial charge in [-0.25, -0.2) is 23.1 Å². The van der Waals surface area contributed by atoms with E-state index in [1.165, 1.54) is 36.1 Å². The van der Waals surface area contributed by atoms with Crippen LogP contribution in [0.1, 0.15) is 48.2 Å². The minimum absolute atomic E-state index is 0.0114. The van der Waals surface area contributed by atoms with Crippen molar-refractivity contribution in [3.63, 3.8) is 0 Å². The topological polar surface area (TPSA) is 89.4 Å². The van der Waals surface area contributed by atoms with Crippen molar-refractivity contribution in [1.29, 1.82) is 0 Å². The third-order valence-corrected chi connectivity index (χ3v) is 6.19. The van der Waals surface area contributed by atoms with Crippen molar-refractivity contribution < 1.29 is 22.7 Å². The number of pyridine rings is 1. The smallest absolute Gasteiger partial charge is 0.266 e. The van der Waals surface area contributed by atoms with Gasteiger partial charge in [0.1, 0.15) is 29.2 Å². The molecular formula is C24H26F3N5O3. The van der Waals surface area contributed by atoms with Crippen LogP contribution in [0, 0.1) is 5.82 Å². The highest BCUT2D eigenvalue weighted by Gasteiger charge is 2.42. The van der Waals surface area contributed by atoms with Crippen LogP contribution in [0.2, 0.25) is 0 Å². The van der Waals surface area contributed by atoms with E-state index in [0.717, 1.165) is 12.5 Å². The van der Waals surface area contributed by atoms with Gasteiger partial charge in [0, 0.05) is 25.7 Å². The number of halogens is 3. The number of hydrogen-bond donors (Lipinski definition) is 1. The van der Waals surface area contributed by atoms with E-state index in [2.05, 4.69) is 15.3 Å². The SMILES string of the molecule is CC.Cn1c(=O)c(C(=O)N2CC3CC2CO3)cc2c(NCc3cccc(C(F)F)c3F)ncnc21. The molecular weight excluding hydrogens is 463 g/mol. The van der Waals surface area contributed by atoms with Crippen molar-refractivity contribution in [1.82, 2.24) is 19.4 Å². The van der Waals surface area contributed by atoms with Gasteiger partial charge in [-0.3, -0.25) is 14.2 Å².